The van der Waals surface area contributed by atoms with E-state index in [1.807, 2.05) is 23.1 Å². The van der Waals surface area contributed by atoms with E-state index in [0.29, 0.717) is 5.92 Å². The maximum Gasteiger partial charge on any atom is 0.0695 e. The number of hydrogen-bond acceptors (Lipinski definition) is 3. The summed E-state index contributed by atoms with van der Waals surface area (Å²) in [5, 5.41) is 4.41. The predicted octanol–water partition coefficient (Wildman–Crippen LogP) is 2.27. The smallest absolute Gasteiger partial charge is 0.0695 e. The van der Waals surface area contributed by atoms with Gasteiger partial charge >= 0.3 is 0 Å². The third-order valence-electron chi connectivity index (χ3n) is 4.43. The topological polar surface area (TPSA) is 47.1 Å². The van der Waals surface area contributed by atoms with Crippen molar-refractivity contribution < 1.29 is 0 Å². The summed E-state index contributed by atoms with van der Waals surface area (Å²) >= 11 is 0. The minimum atomic E-state index is 0.656. The van der Waals surface area contributed by atoms with E-state index in [9.17, 15) is 0 Å². The number of nitrogens with zero attached hydrogens (tertiary/aromatic N) is 3. The summed E-state index contributed by atoms with van der Waals surface area (Å²) in [6.07, 6.45) is 5.07. The molecule has 0 saturated carbocycles. The molecule has 112 valence electrons. The Morgan fingerprint density at radius 1 is 1.33 bits per heavy atom. The van der Waals surface area contributed by atoms with Crippen LogP contribution in [0.5, 0.6) is 0 Å². The highest BCUT2D eigenvalue weighted by molar-refractivity contribution is 5.48. The summed E-state index contributed by atoms with van der Waals surface area (Å²) in [4.78, 5) is 2.52. The van der Waals surface area contributed by atoms with Gasteiger partial charge in [-0.2, -0.15) is 5.10 Å². The molecule has 1 aliphatic heterocycles. The molecule has 2 N–H and O–H groups in total. The van der Waals surface area contributed by atoms with Gasteiger partial charge in [-0.3, -0.25) is 4.90 Å². The fourth-order valence-electron chi connectivity index (χ4n) is 3.27. The molecular weight excluding hydrogens is 260 g/mol. The average Bonchev–Trinajstić information content (AvgIpc) is 3.12. The summed E-state index contributed by atoms with van der Waals surface area (Å²) < 4.78 is 1.98. The van der Waals surface area contributed by atoms with Crippen molar-refractivity contribution in [2.24, 2.45) is 11.7 Å². The Bertz CT molecular complexity index is 604. The lowest BCUT2D eigenvalue weighted by molar-refractivity contribution is 0.317. The van der Waals surface area contributed by atoms with E-state index in [2.05, 4.69) is 36.0 Å². The number of nitrogens with two attached hydrogens (primary N) is 1. The van der Waals surface area contributed by atoms with Crippen molar-refractivity contribution in [1.29, 1.82) is 0 Å². The first-order valence-electron chi connectivity index (χ1n) is 7.70. The van der Waals surface area contributed by atoms with Crippen molar-refractivity contribution in [2.75, 3.05) is 19.6 Å². The molecule has 0 aliphatic carbocycles. The third kappa shape index (κ3) is 3.01. The number of hydrogen-bond donors (Lipinski definition) is 1. The van der Waals surface area contributed by atoms with Crippen LogP contribution < -0.4 is 5.73 Å². The molecule has 2 heterocycles. The van der Waals surface area contributed by atoms with Crippen LogP contribution in [0.25, 0.3) is 5.69 Å². The molecule has 0 unspecified atom stereocenters. The molecule has 1 aromatic carbocycles. The number of rotatable bonds is 4. The largest absolute Gasteiger partial charge is 0.330 e. The first kappa shape index (κ1) is 14.3. The van der Waals surface area contributed by atoms with Crippen molar-refractivity contribution >= 4 is 0 Å². The van der Waals surface area contributed by atoms with Gasteiger partial charge in [0.1, 0.15) is 0 Å². The zero-order chi connectivity index (χ0) is 14.8. The average molecular weight is 284 g/mol. The lowest BCUT2D eigenvalue weighted by Gasteiger charge is -2.21. The molecule has 4 heteroatoms. The van der Waals surface area contributed by atoms with Gasteiger partial charge in [0.15, 0.2) is 0 Å². The van der Waals surface area contributed by atoms with Crippen LogP contribution in [0.2, 0.25) is 0 Å². The summed E-state index contributed by atoms with van der Waals surface area (Å²) in [7, 11) is 0. The van der Waals surface area contributed by atoms with Crippen LogP contribution in [-0.4, -0.2) is 34.3 Å². The Morgan fingerprint density at radius 2 is 2.19 bits per heavy atom. The Hall–Kier alpha value is -1.65. The Kier molecular flexibility index (Phi) is 4.08. The quantitative estimate of drug-likeness (QED) is 0.937. The van der Waals surface area contributed by atoms with Crippen molar-refractivity contribution in [1.82, 2.24) is 14.7 Å². The monoisotopic (exact) mass is 284 g/mol. The molecule has 0 radical (unpaired) electrons. The molecule has 1 aromatic heterocycles. The number of likely N-dealkylation sites (tertiary alicyclic amines) is 1. The van der Waals surface area contributed by atoms with E-state index in [-0.39, 0.29) is 0 Å². The molecule has 0 bridgehead atoms. The molecule has 2 aromatic rings. The van der Waals surface area contributed by atoms with Crippen LogP contribution in [0.1, 0.15) is 23.1 Å². The van der Waals surface area contributed by atoms with Crippen molar-refractivity contribution in [2.45, 2.75) is 26.8 Å². The predicted molar refractivity (Wildman–Crippen MR) is 85.5 cm³/mol. The van der Waals surface area contributed by atoms with Crippen molar-refractivity contribution in [3.05, 3.63) is 47.3 Å². The maximum absolute atomic E-state index is 5.81. The van der Waals surface area contributed by atoms with E-state index in [4.69, 9.17) is 5.73 Å². The molecule has 21 heavy (non-hydrogen) atoms. The second-order valence-electron chi connectivity index (χ2n) is 6.16. The Balaban J connectivity index is 1.91. The highest BCUT2D eigenvalue weighted by atomic mass is 15.3. The number of aryl methyl sites for hydroxylation is 2. The highest BCUT2D eigenvalue weighted by Gasteiger charge is 2.22. The van der Waals surface area contributed by atoms with Gasteiger partial charge in [0.25, 0.3) is 0 Å². The van der Waals surface area contributed by atoms with E-state index < -0.39 is 0 Å². The van der Waals surface area contributed by atoms with Gasteiger partial charge in [0.2, 0.25) is 0 Å². The fourth-order valence-corrected chi connectivity index (χ4v) is 3.27. The first-order valence-corrected chi connectivity index (χ1v) is 7.70. The van der Waals surface area contributed by atoms with Gasteiger partial charge in [0, 0.05) is 25.5 Å². The van der Waals surface area contributed by atoms with Crippen molar-refractivity contribution in [3.8, 4) is 5.69 Å². The fraction of sp³-hybridized carbons (Fsp3) is 0.471. The van der Waals surface area contributed by atoms with Gasteiger partial charge in [-0.15, -0.1) is 0 Å². The minimum absolute atomic E-state index is 0.656. The van der Waals surface area contributed by atoms with Crippen molar-refractivity contribution in [3.63, 3.8) is 0 Å². The lowest BCUT2D eigenvalue weighted by atomic mass is 10.0. The Labute approximate surface area is 126 Å². The summed E-state index contributed by atoms with van der Waals surface area (Å²) in [5.74, 6) is 0.656. The lowest BCUT2D eigenvalue weighted by Crippen LogP contribution is -2.24. The standard InChI is InChI=1S/C17H24N4/c1-13-8-14(2)16(12-20-7-4-15(10-18)11-20)17(9-13)21-6-3-5-19-21/h3,5-6,8-9,15H,4,7,10-12,18H2,1-2H3/t15-/m1/s1. The van der Waals surface area contributed by atoms with Gasteiger partial charge in [-0.25, -0.2) is 4.68 Å². The van der Waals surface area contributed by atoms with Crippen LogP contribution >= 0.6 is 0 Å². The van der Waals surface area contributed by atoms with E-state index in [0.717, 1.165) is 26.2 Å². The van der Waals surface area contributed by atoms with E-state index >= 15 is 0 Å². The minimum Gasteiger partial charge on any atom is -0.330 e. The second kappa shape index (κ2) is 6.00. The zero-order valence-corrected chi connectivity index (χ0v) is 12.9. The van der Waals surface area contributed by atoms with Crippen LogP contribution in [0.4, 0.5) is 0 Å². The third-order valence-corrected chi connectivity index (χ3v) is 4.43. The Morgan fingerprint density at radius 3 is 2.86 bits per heavy atom. The normalized spacial score (nSPS) is 19.3. The van der Waals surface area contributed by atoms with Crippen LogP contribution in [0.3, 0.4) is 0 Å². The van der Waals surface area contributed by atoms with Gasteiger partial charge in [-0.05, 0) is 68.1 Å². The maximum atomic E-state index is 5.81. The summed E-state index contributed by atoms with van der Waals surface area (Å²) in [5.41, 5.74) is 11.0. The van der Waals surface area contributed by atoms with Gasteiger partial charge < -0.3 is 5.73 Å². The second-order valence-corrected chi connectivity index (χ2v) is 6.16. The van der Waals surface area contributed by atoms with Crippen LogP contribution in [0.15, 0.2) is 30.6 Å². The summed E-state index contributed by atoms with van der Waals surface area (Å²) in [6, 6.07) is 6.46. The van der Waals surface area contributed by atoms with Crippen LogP contribution in [-0.2, 0) is 6.54 Å². The highest BCUT2D eigenvalue weighted by Crippen LogP contribution is 2.25. The van der Waals surface area contributed by atoms with E-state index in [1.165, 1.54) is 28.8 Å². The number of aromatic nitrogens is 2. The van der Waals surface area contributed by atoms with E-state index in [1.54, 1.807) is 0 Å². The molecule has 1 aliphatic rings. The van der Waals surface area contributed by atoms with Crippen LogP contribution in [0, 0.1) is 19.8 Å². The molecule has 0 spiro atoms. The molecule has 3 rings (SSSR count). The van der Waals surface area contributed by atoms with Gasteiger partial charge in [-0.1, -0.05) is 6.07 Å². The SMILES string of the molecule is Cc1cc(C)c(CN2CC[C@H](CN)C2)c(-n2cccn2)c1. The van der Waals surface area contributed by atoms with Gasteiger partial charge in [0.05, 0.1) is 5.69 Å². The molecule has 1 atom stereocenters. The number of benzene rings is 1. The molecule has 1 fully saturated rings. The first-order chi connectivity index (χ1) is 10.2. The zero-order valence-electron chi connectivity index (χ0n) is 12.9. The summed E-state index contributed by atoms with van der Waals surface area (Å²) in [6.45, 7) is 8.39. The molecule has 1 saturated heterocycles. The molecule has 0 amide bonds. The molecule has 4 nitrogen and oxygen atoms in total. The molecular formula is C17H24N4.